The van der Waals surface area contributed by atoms with Crippen LogP contribution in [0.25, 0.3) is 21.8 Å². The summed E-state index contributed by atoms with van der Waals surface area (Å²) in [5.41, 5.74) is 2.46. The number of halogens is 1. The first-order valence-electron chi connectivity index (χ1n) is 5.76. The van der Waals surface area contributed by atoms with E-state index in [-0.39, 0.29) is 0 Å². The summed E-state index contributed by atoms with van der Waals surface area (Å²) in [5, 5.41) is 2.49. The Bertz CT molecular complexity index is 833. The lowest BCUT2D eigenvalue weighted by molar-refractivity contribution is 0.415. The van der Waals surface area contributed by atoms with E-state index in [0.717, 1.165) is 33.1 Å². The van der Waals surface area contributed by atoms with Gasteiger partial charge < -0.3 is 4.74 Å². The molecule has 0 saturated heterocycles. The van der Waals surface area contributed by atoms with Crippen LogP contribution in [0.3, 0.4) is 0 Å². The second kappa shape index (κ2) is 4.46. The van der Waals surface area contributed by atoms with Crippen molar-refractivity contribution in [2.75, 3.05) is 7.11 Å². The molecule has 2 aromatic carbocycles. The van der Waals surface area contributed by atoms with Crippen LogP contribution in [0.2, 0.25) is 5.02 Å². The fourth-order valence-corrected chi connectivity index (χ4v) is 2.35. The topological polar surface area (TPSA) is 22.1 Å². The molecule has 0 saturated carbocycles. The molecule has 0 N–H and O–H groups in total. The number of pyridine rings is 1. The lowest BCUT2D eigenvalue weighted by Crippen LogP contribution is -1.90. The van der Waals surface area contributed by atoms with Gasteiger partial charge in [-0.15, -0.1) is 6.42 Å². The van der Waals surface area contributed by atoms with Crippen molar-refractivity contribution >= 4 is 33.4 Å². The lowest BCUT2D eigenvalue weighted by atomic mass is 10.0. The van der Waals surface area contributed by atoms with E-state index in [4.69, 9.17) is 22.8 Å². The molecule has 0 aliphatic heterocycles. The Morgan fingerprint density at radius 3 is 2.68 bits per heavy atom. The molecule has 0 spiro atoms. The van der Waals surface area contributed by atoms with E-state index < -0.39 is 0 Å². The average molecular weight is 268 g/mol. The second-order valence-corrected chi connectivity index (χ2v) is 4.61. The minimum atomic E-state index is 0.649. The van der Waals surface area contributed by atoms with Gasteiger partial charge in [0.2, 0.25) is 0 Å². The smallest absolute Gasteiger partial charge is 0.119 e. The molecule has 0 aliphatic carbocycles. The molecule has 0 radical (unpaired) electrons. The van der Waals surface area contributed by atoms with Crippen LogP contribution < -0.4 is 4.74 Å². The van der Waals surface area contributed by atoms with Gasteiger partial charge in [0.25, 0.3) is 0 Å². The van der Waals surface area contributed by atoms with Crippen LogP contribution in [-0.4, -0.2) is 12.1 Å². The largest absolute Gasteiger partial charge is 0.497 e. The number of hydrogen-bond acceptors (Lipinski definition) is 2. The van der Waals surface area contributed by atoms with E-state index in [1.165, 1.54) is 0 Å². The van der Waals surface area contributed by atoms with Crippen molar-refractivity contribution < 1.29 is 4.74 Å². The number of fused-ring (bicyclic) bond motifs is 2. The fourth-order valence-electron chi connectivity index (χ4n) is 2.18. The molecule has 3 aromatic rings. The average Bonchev–Trinajstić information content (AvgIpc) is 2.44. The van der Waals surface area contributed by atoms with Crippen LogP contribution in [-0.2, 0) is 0 Å². The molecule has 0 atom stereocenters. The molecule has 2 nitrogen and oxygen atoms in total. The summed E-state index contributed by atoms with van der Waals surface area (Å²) in [6.07, 6.45) is 5.66. The molecular formula is C16H10ClNO. The van der Waals surface area contributed by atoms with Gasteiger partial charge in [-0.05, 0) is 30.3 Å². The highest BCUT2D eigenvalue weighted by Gasteiger charge is 2.08. The molecule has 92 valence electrons. The van der Waals surface area contributed by atoms with Crippen LogP contribution >= 0.6 is 11.6 Å². The molecule has 3 heteroatoms. The quantitative estimate of drug-likeness (QED) is 0.490. The zero-order valence-electron chi connectivity index (χ0n) is 10.3. The van der Waals surface area contributed by atoms with Crippen LogP contribution in [0.4, 0.5) is 0 Å². The Morgan fingerprint density at radius 2 is 1.95 bits per heavy atom. The van der Waals surface area contributed by atoms with Gasteiger partial charge in [-0.25, -0.2) is 4.98 Å². The first kappa shape index (κ1) is 11.8. The number of hydrogen-bond donors (Lipinski definition) is 0. The van der Waals surface area contributed by atoms with Crippen molar-refractivity contribution in [3.63, 3.8) is 0 Å². The van der Waals surface area contributed by atoms with Gasteiger partial charge in [-0.2, -0.15) is 0 Å². The standard InChI is InChI=1S/C16H10ClNO/c1-3-12-13-6-4-10(17)8-16(13)18-15-7-5-11(19-2)9-14(12)15/h1,4-9H,2H3. The summed E-state index contributed by atoms with van der Waals surface area (Å²) in [7, 11) is 1.63. The zero-order valence-corrected chi connectivity index (χ0v) is 11.0. The number of rotatable bonds is 1. The van der Waals surface area contributed by atoms with Crippen molar-refractivity contribution in [2.45, 2.75) is 0 Å². The van der Waals surface area contributed by atoms with Gasteiger partial charge in [0.05, 0.1) is 18.1 Å². The van der Waals surface area contributed by atoms with Crippen molar-refractivity contribution in [3.8, 4) is 18.1 Å². The summed E-state index contributed by atoms with van der Waals surface area (Å²) in [6.45, 7) is 0. The molecule has 1 aromatic heterocycles. The highest BCUT2D eigenvalue weighted by atomic mass is 35.5. The maximum Gasteiger partial charge on any atom is 0.119 e. The maximum absolute atomic E-state index is 6.00. The molecule has 0 aliphatic rings. The number of aromatic nitrogens is 1. The lowest BCUT2D eigenvalue weighted by Gasteiger charge is -2.08. The Hall–Kier alpha value is -2.24. The zero-order chi connectivity index (χ0) is 13.4. The first-order valence-corrected chi connectivity index (χ1v) is 6.14. The summed E-state index contributed by atoms with van der Waals surface area (Å²) in [5.74, 6) is 3.51. The Labute approximate surface area is 116 Å². The number of nitrogens with zero attached hydrogens (tertiary/aromatic N) is 1. The van der Waals surface area contributed by atoms with Crippen molar-refractivity contribution in [1.29, 1.82) is 0 Å². The normalized spacial score (nSPS) is 10.6. The third-order valence-corrected chi connectivity index (χ3v) is 3.32. The molecule has 3 rings (SSSR count). The highest BCUT2D eigenvalue weighted by molar-refractivity contribution is 6.31. The van der Waals surface area contributed by atoms with Crippen LogP contribution in [0.1, 0.15) is 5.56 Å². The fraction of sp³-hybridized carbons (Fsp3) is 0.0625. The summed E-state index contributed by atoms with van der Waals surface area (Å²) in [6, 6.07) is 11.2. The van der Waals surface area contributed by atoms with Gasteiger partial charge in [0.1, 0.15) is 5.75 Å². The van der Waals surface area contributed by atoms with E-state index >= 15 is 0 Å². The third kappa shape index (κ3) is 1.89. The molecule has 19 heavy (non-hydrogen) atoms. The number of benzene rings is 2. The third-order valence-electron chi connectivity index (χ3n) is 3.09. The number of methoxy groups -OCH3 is 1. The second-order valence-electron chi connectivity index (χ2n) is 4.18. The summed E-state index contributed by atoms with van der Waals surface area (Å²) >= 11 is 6.00. The van der Waals surface area contributed by atoms with Gasteiger partial charge >= 0.3 is 0 Å². The molecular weight excluding hydrogens is 258 g/mol. The first-order chi connectivity index (χ1) is 9.22. The minimum absolute atomic E-state index is 0.649. The molecule has 0 fully saturated rings. The molecule has 1 heterocycles. The van der Waals surface area contributed by atoms with Crippen LogP contribution in [0, 0.1) is 12.3 Å². The molecule has 0 bridgehead atoms. The Kier molecular flexibility index (Phi) is 2.77. The monoisotopic (exact) mass is 267 g/mol. The molecule has 0 unspecified atom stereocenters. The van der Waals surface area contributed by atoms with Crippen molar-refractivity contribution in [2.24, 2.45) is 0 Å². The predicted molar refractivity (Wildman–Crippen MR) is 78.7 cm³/mol. The van der Waals surface area contributed by atoms with E-state index in [2.05, 4.69) is 10.9 Å². The van der Waals surface area contributed by atoms with E-state index in [9.17, 15) is 0 Å². The number of terminal acetylenes is 1. The van der Waals surface area contributed by atoms with Gasteiger partial charge in [-0.1, -0.05) is 23.6 Å². The van der Waals surface area contributed by atoms with Crippen LogP contribution in [0.5, 0.6) is 5.75 Å². The van der Waals surface area contributed by atoms with Gasteiger partial charge in [0, 0.05) is 21.4 Å². The van der Waals surface area contributed by atoms with Crippen molar-refractivity contribution in [1.82, 2.24) is 4.98 Å². The molecule has 0 amide bonds. The summed E-state index contributed by atoms with van der Waals surface area (Å²) in [4.78, 5) is 4.59. The Morgan fingerprint density at radius 1 is 1.11 bits per heavy atom. The van der Waals surface area contributed by atoms with Crippen molar-refractivity contribution in [3.05, 3.63) is 47.0 Å². The minimum Gasteiger partial charge on any atom is -0.497 e. The van der Waals surface area contributed by atoms with Gasteiger partial charge in [-0.3, -0.25) is 0 Å². The van der Waals surface area contributed by atoms with E-state index in [1.807, 2.05) is 36.4 Å². The van der Waals surface area contributed by atoms with E-state index in [0.29, 0.717) is 5.02 Å². The number of ether oxygens (including phenoxy) is 1. The maximum atomic E-state index is 6.00. The SMILES string of the molecule is C#Cc1c2ccc(Cl)cc2nc2ccc(OC)cc12. The Balaban J connectivity index is 2.50. The highest BCUT2D eigenvalue weighted by Crippen LogP contribution is 2.29. The predicted octanol–water partition coefficient (Wildman–Crippen LogP) is 4.03. The summed E-state index contributed by atoms with van der Waals surface area (Å²) < 4.78 is 5.24. The van der Waals surface area contributed by atoms with Gasteiger partial charge in [0.15, 0.2) is 0 Å². The van der Waals surface area contributed by atoms with Crippen LogP contribution in [0.15, 0.2) is 36.4 Å². The van der Waals surface area contributed by atoms with E-state index in [1.54, 1.807) is 7.11 Å².